The molecule has 4 nitrogen and oxygen atoms in total. The van der Waals surface area contributed by atoms with Crippen molar-refractivity contribution in [3.63, 3.8) is 0 Å². The first-order chi connectivity index (χ1) is 13.0. The average molecular weight is 397 g/mol. The molecule has 27 heavy (non-hydrogen) atoms. The van der Waals surface area contributed by atoms with Crippen molar-refractivity contribution < 1.29 is 9.21 Å². The number of rotatable bonds is 3. The fourth-order valence-corrected chi connectivity index (χ4v) is 3.18. The van der Waals surface area contributed by atoms with E-state index in [0.717, 1.165) is 11.1 Å². The van der Waals surface area contributed by atoms with Crippen LogP contribution in [0.2, 0.25) is 10.0 Å². The van der Waals surface area contributed by atoms with Crippen molar-refractivity contribution in [3.8, 4) is 11.5 Å². The predicted octanol–water partition coefficient (Wildman–Crippen LogP) is 6.36. The van der Waals surface area contributed by atoms with Gasteiger partial charge in [0, 0.05) is 16.3 Å². The van der Waals surface area contributed by atoms with Crippen LogP contribution in [0.15, 0.2) is 65.1 Å². The lowest BCUT2D eigenvalue weighted by molar-refractivity contribution is 0.102. The fraction of sp³-hybridized carbons (Fsp3) is 0.0476. The molecular formula is C21H14Cl2N2O2. The molecule has 3 aromatic carbocycles. The van der Waals surface area contributed by atoms with Gasteiger partial charge < -0.3 is 9.73 Å². The maximum atomic E-state index is 12.5. The highest BCUT2D eigenvalue weighted by atomic mass is 35.5. The number of anilines is 1. The lowest BCUT2D eigenvalue weighted by Gasteiger charge is -2.07. The topological polar surface area (TPSA) is 55.1 Å². The number of benzene rings is 3. The minimum Gasteiger partial charge on any atom is -0.436 e. The number of hydrogen-bond acceptors (Lipinski definition) is 3. The van der Waals surface area contributed by atoms with Crippen LogP contribution in [0.4, 0.5) is 5.69 Å². The van der Waals surface area contributed by atoms with E-state index in [0.29, 0.717) is 38.3 Å². The molecule has 0 saturated carbocycles. The van der Waals surface area contributed by atoms with E-state index in [-0.39, 0.29) is 5.91 Å². The van der Waals surface area contributed by atoms with Gasteiger partial charge >= 0.3 is 0 Å². The van der Waals surface area contributed by atoms with E-state index in [4.69, 9.17) is 27.6 Å². The summed E-state index contributed by atoms with van der Waals surface area (Å²) in [6, 6.07) is 17.9. The third-order valence-electron chi connectivity index (χ3n) is 4.19. The monoisotopic (exact) mass is 396 g/mol. The molecule has 4 aromatic rings. The number of nitrogens with zero attached hydrogens (tertiary/aromatic N) is 1. The third-order valence-corrected chi connectivity index (χ3v) is 4.76. The van der Waals surface area contributed by atoms with E-state index < -0.39 is 0 Å². The fourth-order valence-electron chi connectivity index (χ4n) is 2.80. The summed E-state index contributed by atoms with van der Waals surface area (Å²) < 4.78 is 5.85. The first-order valence-electron chi connectivity index (χ1n) is 8.24. The first-order valence-corrected chi connectivity index (χ1v) is 9.00. The number of nitrogens with one attached hydrogen (secondary N) is 1. The molecule has 1 heterocycles. The number of amides is 1. The van der Waals surface area contributed by atoms with Gasteiger partial charge in [0.05, 0.1) is 10.6 Å². The number of oxazole rings is 1. The van der Waals surface area contributed by atoms with Crippen LogP contribution in [0.1, 0.15) is 15.9 Å². The molecule has 0 unspecified atom stereocenters. The van der Waals surface area contributed by atoms with Crippen LogP contribution in [0.3, 0.4) is 0 Å². The summed E-state index contributed by atoms with van der Waals surface area (Å²) in [7, 11) is 0. The average Bonchev–Trinajstić information content (AvgIpc) is 3.07. The Hall–Kier alpha value is -2.82. The highest BCUT2D eigenvalue weighted by Gasteiger charge is 2.14. The molecule has 6 heteroatoms. The summed E-state index contributed by atoms with van der Waals surface area (Å²) in [5.74, 6) is 0.203. The van der Waals surface area contributed by atoms with Crippen molar-refractivity contribution >= 4 is 45.9 Å². The Kier molecular flexibility index (Phi) is 4.60. The van der Waals surface area contributed by atoms with Crippen molar-refractivity contribution in [2.24, 2.45) is 0 Å². The molecule has 0 radical (unpaired) electrons. The Bertz CT molecular complexity index is 1170. The van der Waals surface area contributed by atoms with E-state index in [2.05, 4.69) is 10.3 Å². The Balaban J connectivity index is 1.65. The van der Waals surface area contributed by atoms with E-state index in [1.165, 1.54) is 6.07 Å². The standard InChI is InChI=1S/C21H14Cl2N2O2/c1-12-4-2-3-5-15(12)21-25-18-11-14(7-9-19(18)27-21)24-20(26)16-10-13(22)6-8-17(16)23/h2-11H,1H3,(H,24,26). The lowest BCUT2D eigenvalue weighted by Crippen LogP contribution is -2.12. The molecule has 1 aromatic heterocycles. The zero-order chi connectivity index (χ0) is 19.0. The van der Waals surface area contributed by atoms with Crippen molar-refractivity contribution in [3.05, 3.63) is 81.8 Å². The van der Waals surface area contributed by atoms with Gasteiger partial charge in [-0.15, -0.1) is 0 Å². The minimum absolute atomic E-state index is 0.310. The molecule has 4 rings (SSSR count). The number of halogens is 2. The number of fused-ring (bicyclic) bond motifs is 1. The highest BCUT2D eigenvalue weighted by Crippen LogP contribution is 2.28. The molecule has 0 saturated heterocycles. The van der Waals surface area contributed by atoms with Gasteiger partial charge in [-0.05, 0) is 55.0 Å². The van der Waals surface area contributed by atoms with Crippen LogP contribution in [0, 0.1) is 6.92 Å². The van der Waals surface area contributed by atoms with Gasteiger partial charge in [0.25, 0.3) is 5.91 Å². The van der Waals surface area contributed by atoms with Gasteiger partial charge in [-0.1, -0.05) is 41.4 Å². The SMILES string of the molecule is Cc1ccccc1-c1nc2cc(NC(=O)c3cc(Cl)ccc3Cl)ccc2o1. The van der Waals surface area contributed by atoms with Crippen LogP contribution >= 0.6 is 23.2 Å². The maximum Gasteiger partial charge on any atom is 0.257 e. The largest absolute Gasteiger partial charge is 0.436 e. The van der Waals surface area contributed by atoms with E-state index in [1.807, 2.05) is 31.2 Å². The molecule has 0 bridgehead atoms. The number of carbonyl (C=O) groups is 1. The molecule has 1 amide bonds. The second-order valence-electron chi connectivity index (χ2n) is 6.09. The summed E-state index contributed by atoms with van der Waals surface area (Å²) in [4.78, 5) is 17.0. The van der Waals surface area contributed by atoms with Crippen LogP contribution in [-0.2, 0) is 0 Å². The zero-order valence-corrected chi connectivity index (χ0v) is 15.8. The number of aromatic nitrogens is 1. The van der Waals surface area contributed by atoms with E-state index in [9.17, 15) is 4.79 Å². The molecule has 0 aliphatic rings. The Morgan fingerprint density at radius 2 is 1.85 bits per heavy atom. The van der Waals surface area contributed by atoms with E-state index in [1.54, 1.807) is 30.3 Å². The molecule has 0 fully saturated rings. The Labute approximate surface area is 165 Å². The van der Waals surface area contributed by atoms with Crippen molar-refractivity contribution in [1.82, 2.24) is 4.98 Å². The normalized spacial score (nSPS) is 10.9. The first kappa shape index (κ1) is 17.6. The summed E-state index contributed by atoms with van der Waals surface area (Å²) in [6.45, 7) is 2.00. The Morgan fingerprint density at radius 1 is 1.04 bits per heavy atom. The van der Waals surface area contributed by atoms with Gasteiger partial charge in [0.15, 0.2) is 5.58 Å². The third kappa shape index (κ3) is 3.54. The quantitative estimate of drug-likeness (QED) is 0.438. The van der Waals surface area contributed by atoms with Crippen LogP contribution in [-0.4, -0.2) is 10.9 Å². The zero-order valence-electron chi connectivity index (χ0n) is 14.3. The predicted molar refractivity (Wildman–Crippen MR) is 109 cm³/mol. The van der Waals surface area contributed by atoms with Crippen molar-refractivity contribution in [2.75, 3.05) is 5.32 Å². The molecule has 0 aliphatic heterocycles. The molecule has 1 N–H and O–H groups in total. The summed E-state index contributed by atoms with van der Waals surface area (Å²) in [6.07, 6.45) is 0. The number of hydrogen-bond donors (Lipinski definition) is 1. The van der Waals surface area contributed by atoms with Crippen molar-refractivity contribution in [2.45, 2.75) is 6.92 Å². The van der Waals surface area contributed by atoms with Gasteiger partial charge in [0.2, 0.25) is 5.89 Å². The minimum atomic E-state index is -0.343. The number of carbonyl (C=O) groups excluding carboxylic acids is 1. The highest BCUT2D eigenvalue weighted by molar-refractivity contribution is 6.36. The lowest BCUT2D eigenvalue weighted by atomic mass is 10.1. The maximum absolute atomic E-state index is 12.5. The second-order valence-corrected chi connectivity index (χ2v) is 6.94. The summed E-state index contributed by atoms with van der Waals surface area (Å²) in [5, 5.41) is 3.59. The molecule has 0 aliphatic carbocycles. The number of aryl methyl sites for hydroxylation is 1. The van der Waals surface area contributed by atoms with E-state index >= 15 is 0 Å². The van der Waals surface area contributed by atoms with Gasteiger partial charge in [-0.3, -0.25) is 4.79 Å². The van der Waals surface area contributed by atoms with Crippen molar-refractivity contribution in [1.29, 1.82) is 0 Å². The van der Waals surface area contributed by atoms with Gasteiger partial charge in [-0.2, -0.15) is 0 Å². The molecular weight excluding hydrogens is 383 g/mol. The second kappa shape index (κ2) is 7.06. The molecule has 0 atom stereocenters. The van der Waals surface area contributed by atoms with Gasteiger partial charge in [-0.25, -0.2) is 4.98 Å². The Morgan fingerprint density at radius 3 is 2.67 bits per heavy atom. The molecule has 134 valence electrons. The van der Waals surface area contributed by atoms with Gasteiger partial charge in [0.1, 0.15) is 5.52 Å². The van der Waals surface area contributed by atoms with Crippen LogP contribution < -0.4 is 5.32 Å². The smallest absolute Gasteiger partial charge is 0.257 e. The molecule has 0 spiro atoms. The summed E-state index contributed by atoms with van der Waals surface area (Å²) in [5.41, 5.74) is 4.21. The van der Waals surface area contributed by atoms with Crippen LogP contribution in [0.25, 0.3) is 22.6 Å². The van der Waals surface area contributed by atoms with Crippen LogP contribution in [0.5, 0.6) is 0 Å². The summed E-state index contributed by atoms with van der Waals surface area (Å²) >= 11 is 12.0.